The second-order valence-corrected chi connectivity index (χ2v) is 3.46. The lowest BCUT2D eigenvalue weighted by Crippen LogP contribution is -2.19. The van der Waals surface area contributed by atoms with Crippen LogP contribution in [0.15, 0.2) is 12.3 Å². The molecule has 1 aromatic heterocycles. The molecule has 0 spiro atoms. The van der Waals surface area contributed by atoms with E-state index in [2.05, 4.69) is 16.5 Å². The fourth-order valence-corrected chi connectivity index (χ4v) is 1.29. The van der Waals surface area contributed by atoms with Crippen molar-refractivity contribution in [3.8, 4) is 0 Å². The van der Waals surface area contributed by atoms with Crippen LogP contribution in [0.1, 0.15) is 18.5 Å². The molecule has 1 aliphatic carbocycles. The fraction of sp³-hybridized carbons (Fsp3) is 0.667. The molecule has 0 amide bonds. The monoisotopic (exact) mass is 165 g/mol. The summed E-state index contributed by atoms with van der Waals surface area (Å²) in [7, 11) is 1.96. The molecule has 1 aromatic rings. The van der Waals surface area contributed by atoms with E-state index in [1.807, 2.05) is 17.9 Å². The molecule has 12 heavy (non-hydrogen) atoms. The van der Waals surface area contributed by atoms with E-state index < -0.39 is 0 Å². The first kappa shape index (κ1) is 7.80. The van der Waals surface area contributed by atoms with E-state index in [4.69, 9.17) is 0 Å². The van der Waals surface area contributed by atoms with E-state index in [-0.39, 0.29) is 0 Å². The average Bonchev–Trinajstić information content (AvgIpc) is 2.76. The van der Waals surface area contributed by atoms with Gasteiger partial charge in [0.2, 0.25) is 0 Å². The summed E-state index contributed by atoms with van der Waals surface area (Å²) in [6.07, 6.45) is 5.77. The summed E-state index contributed by atoms with van der Waals surface area (Å²) in [6, 6.07) is 2.89. The zero-order valence-corrected chi connectivity index (χ0v) is 7.45. The number of hydrogen-bond donors (Lipinski definition) is 1. The highest BCUT2D eigenvalue weighted by atomic mass is 15.2. The van der Waals surface area contributed by atoms with Crippen molar-refractivity contribution < 1.29 is 0 Å². The van der Waals surface area contributed by atoms with Crippen molar-refractivity contribution in [2.45, 2.75) is 25.3 Å². The van der Waals surface area contributed by atoms with Gasteiger partial charge in [-0.05, 0) is 18.9 Å². The van der Waals surface area contributed by atoms with Crippen LogP contribution in [0.2, 0.25) is 0 Å². The van der Waals surface area contributed by atoms with Crippen molar-refractivity contribution in [3.05, 3.63) is 18.0 Å². The smallest absolute Gasteiger partial charge is 0.0637 e. The lowest BCUT2D eigenvalue weighted by Gasteiger charge is -1.98. The van der Waals surface area contributed by atoms with Gasteiger partial charge in [0, 0.05) is 32.3 Å². The Balaban J connectivity index is 1.71. The highest BCUT2D eigenvalue weighted by Crippen LogP contribution is 2.18. The van der Waals surface area contributed by atoms with Gasteiger partial charge in [0.25, 0.3) is 0 Å². The van der Waals surface area contributed by atoms with E-state index in [0.717, 1.165) is 19.0 Å². The third kappa shape index (κ3) is 2.08. The molecule has 0 radical (unpaired) electrons. The quantitative estimate of drug-likeness (QED) is 0.712. The topological polar surface area (TPSA) is 29.9 Å². The fourth-order valence-electron chi connectivity index (χ4n) is 1.29. The summed E-state index contributed by atoms with van der Waals surface area (Å²) in [4.78, 5) is 0. The molecule has 1 heterocycles. The van der Waals surface area contributed by atoms with E-state index in [1.165, 1.54) is 18.5 Å². The van der Waals surface area contributed by atoms with Gasteiger partial charge in [-0.3, -0.25) is 4.68 Å². The number of nitrogens with one attached hydrogen (secondary N) is 1. The zero-order chi connectivity index (χ0) is 8.39. The van der Waals surface area contributed by atoms with Crippen LogP contribution in [0.25, 0.3) is 0 Å². The van der Waals surface area contributed by atoms with Gasteiger partial charge in [0.1, 0.15) is 0 Å². The standard InChI is InChI=1S/C9H15N3/c1-12-7-5-9(11-12)4-6-10-8-2-3-8/h5,7-8,10H,2-4,6H2,1H3. The highest BCUT2D eigenvalue weighted by Gasteiger charge is 2.19. The molecule has 3 heteroatoms. The van der Waals surface area contributed by atoms with Crippen LogP contribution in [0, 0.1) is 0 Å². The largest absolute Gasteiger partial charge is 0.314 e. The van der Waals surface area contributed by atoms with Gasteiger partial charge >= 0.3 is 0 Å². The first-order valence-electron chi connectivity index (χ1n) is 4.56. The molecule has 66 valence electrons. The summed E-state index contributed by atoms with van der Waals surface area (Å²) in [5.74, 6) is 0. The summed E-state index contributed by atoms with van der Waals surface area (Å²) >= 11 is 0. The Morgan fingerprint density at radius 3 is 3.08 bits per heavy atom. The molecular weight excluding hydrogens is 150 g/mol. The number of rotatable bonds is 4. The molecule has 1 aliphatic rings. The molecule has 0 saturated heterocycles. The van der Waals surface area contributed by atoms with Crippen molar-refractivity contribution in [2.75, 3.05) is 6.54 Å². The van der Waals surface area contributed by atoms with E-state index in [0.29, 0.717) is 0 Å². The van der Waals surface area contributed by atoms with E-state index >= 15 is 0 Å². The molecular formula is C9H15N3. The Bertz CT molecular complexity index is 250. The molecule has 2 rings (SSSR count). The highest BCUT2D eigenvalue weighted by molar-refractivity contribution is 4.99. The predicted molar refractivity (Wildman–Crippen MR) is 47.9 cm³/mol. The maximum Gasteiger partial charge on any atom is 0.0637 e. The third-order valence-corrected chi connectivity index (χ3v) is 2.16. The van der Waals surface area contributed by atoms with Crippen molar-refractivity contribution in [1.82, 2.24) is 15.1 Å². The van der Waals surface area contributed by atoms with Crippen LogP contribution in [0.5, 0.6) is 0 Å². The van der Waals surface area contributed by atoms with Crippen molar-refractivity contribution in [1.29, 1.82) is 0 Å². The maximum absolute atomic E-state index is 4.30. The van der Waals surface area contributed by atoms with Crippen molar-refractivity contribution in [2.24, 2.45) is 7.05 Å². The summed E-state index contributed by atoms with van der Waals surface area (Å²) in [5, 5.41) is 7.77. The third-order valence-electron chi connectivity index (χ3n) is 2.16. The SMILES string of the molecule is Cn1ccc(CCNC2CC2)n1. The van der Waals surface area contributed by atoms with Crippen LogP contribution >= 0.6 is 0 Å². The lowest BCUT2D eigenvalue weighted by atomic mass is 10.3. The first-order chi connectivity index (χ1) is 5.84. The predicted octanol–water partition coefficient (Wildman–Crippen LogP) is 0.715. The minimum absolute atomic E-state index is 0.814. The number of aromatic nitrogens is 2. The second kappa shape index (κ2) is 3.27. The average molecular weight is 165 g/mol. The lowest BCUT2D eigenvalue weighted by molar-refractivity contribution is 0.662. The van der Waals surface area contributed by atoms with Gasteiger partial charge in [-0.25, -0.2) is 0 Å². The van der Waals surface area contributed by atoms with Gasteiger partial charge in [0.05, 0.1) is 5.69 Å². The molecule has 0 atom stereocenters. The van der Waals surface area contributed by atoms with Crippen molar-refractivity contribution >= 4 is 0 Å². The number of aryl methyl sites for hydroxylation is 1. The minimum atomic E-state index is 0.814. The summed E-state index contributed by atoms with van der Waals surface area (Å²) in [5.41, 5.74) is 1.19. The van der Waals surface area contributed by atoms with Crippen LogP contribution in [-0.2, 0) is 13.5 Å². The summed E-state index contributed by atoms with van der Waals surface area (Å²) < 4.78 is 1.85. The number of hydrogen-bond acceptors (Lipinski definition) is 2. The Hall–Kier alpha value is -0.830. The normalized spacial score (nSPS) is 16.8. The van der Waals surface area contributed by atoms with Crippen LogP contribution in [0.4, 0.5) is 0 Å². The van der Waals surface area contributed by atoms with E-state index in [9.17, 15) is 0 Å². The maximum atomic E-state index is 4.30. The molecule has 0 bridgehead atoms. The molecule has 0 aromatic carbocycles. The Labute approximate surface area is 72.8 Å². The van der Waals surface area contributed by atoms with Crippen molar-refractivity contribution in [3.63, 3.8) is 0 Å². The van der Waals surface area contributed by atoms with Gasteiger partial charge in [-0.1, -0.05) is 0 Å². The Morgan fingerprint density at radius 1 is 1.67 bits per heavy atom. The molecule has 1 saturated carbocycles. The van der Waals surface area contributed by atoms with Crippen LogP contribution in [-0.4, -0.2) is 22.4 Å². The van der Waals surface area contributed by atoms with Gasteiger partial charge in [0.15, 0.2) is 0 Å². The first-order valence-corrected chi connectivity index (χ1v) is 4.56. The summed E-state index contributed by atoms with van der Waals surface area (Å²) in [6.45, 7) is 1.07. The molecule has 1 N–H and O–H groups in total. The van der Waals surface area contributed by atoms with Gasteiger partial charge < -0.3 is 5.32 Å². The van der Waals surface area contributed by atoms with Crippen LogP contribution < -0.4 is 5.32 Å². The second-order valence-electron chi connectivity index (χ2n) is 3.46. The minimum Gasteiger partial charge on any atom is -0.314 e. The molecule has 0 unspecified atom stereocenters. The van der Waals surface area contributed by atoms with E-state index in [1.54, 1.807) is 0 Å². The Kier molecular flexibility index (Phi) is 2.13. The van der Waals surface area contributed by atoms with Gasteiger partial charge in [-0.15, -0.1) is 0 Å². The Morgan fingerprint density at radius 2 is 2.50 bits per heavy atom. The number of nitrogens with zero attached hydrogens (tertiary/aromatic N) is 2. The zero-order valence-electron chi connectivity index (χ0n) is 7.45. The molecule has 0 aliphatic heterocycles. The molecule has 1 fully saturated rings. The molecule has 3 nitrogen and oxygen atoms in total. The van der Waals surface area contributed by atoms with Gasteiger partial charge in [-0.2, -0.15) is 5.10 Å². The van der Waals surface area contributed by atoms with Crippen LogP contribution in [0.3, 0.4) is 0 Å².